The summed E-state index contributed by atoms with van der Waals surface area (Å²) in [4.78, 5) is 54.1. The number of imide groups is 1. The van der Waals surface area contributed by atoms with E-state index >= 15 is 0 Å². The zero-order valence-electron chi connectivity index (χ0n) is 22.7. The molecule has 5 rings (SSSR count). The molecule has 3 aromatic carbocycles. The molecule has 2 saturated heterocycles. The average Bonchev–Trinajstić information content (AvgIpc) is 3.24. The molecular weight excluding hydrogens is 524 g/mol. The summed E-state index contributed by atoms with van der Waals surface area (Å²) in [5.74, 6) is -1.11. The largest absolute Gasteiger partial charge is 0.469 e. The maximum absolute atomic E-state index is 14.1. The lowest BCUT2D eigenvalue weighted by molar-refractivity contribution is -0.143. The summed E-state index contributed by atoms with van der Waals surface area (Å²) < 4.78 is 5.00. The van der Waals surface area contributed by atoms with Gasteiger partial charge in [-0.2, -0.15) is 0 Å². The molecule has 3 aromatic rings. The van der Waals surface area contributed by atoms with Crippen molar-refractivity contribution < 1.29 is 29.0 Å². The van der Waals surface area contributed by atoms with E-state index in [0.717, 1.165) is 21.6 Å². The molecule has 0 bridgehead atoms. The van der Waals surface area contributed by atoms with Crippen LogP contribution in [0.2, 0.25) is 0 Å². The highest BCUT2D eigenvalue weighted by Crippen LogP contribution is 2.39. The van der Waals surface area contributed by atoms with E-state index in [2.05, 4.69) is 10.6 Å². The Bertz CT molecular complexity index is 1310. The van der Waals surface area contributed by atoms with E-state index in [1.165, 1.54) is 12.0 Å². The first-order valence-corrected chi connectivity index (χ1v) is 13.5. The van der Waals surface area contributed by atoms with Gasteiger partial charge in [0.15, 0.2) is 0 Å². The maximum Gasteiger partial charge on any atom is 0.407 e. The summed E-state index contributed by atoms with van der Waals surface area (Å²) in [6.45, 7) is 0.207. The van der Waals surface area contributed by atoms with Crippen molar-refractivity contribution in [2.24, 2.45) is 0 Å². The van der Waals surface area contributed by atoms with Gasteiger partial charge in [0.1, 0.15) is 11.7 Å². The molecule has 2 heterocycles. The number of likely N-dealkylation sites (tertiary alicyclic amines) is 1. The molecule has 0 radical (unpaired) electrons. The van der Waals surface area contributed by atoms with Crippen molar-refractivity contribution in [3.8, 4) is 0 Å². The van der Waals surface area contributed by atoms with Crippen molar-refractivity contribution in [2.75, 3.05) is 20.2 Å². The first-order valence-electron chi connectivity index (χ1n) is 13.5. The SMILES string of the molecule is COC(=O)CC(NC(c1ccccc1)(c1ccccc1)c1ccccc1)N1C(=O)NC2(CCN(C(=O)O)CC2)C1=O. The molecule has 2 aliphatic heterocycles. The fraction of sp³-hybridized carbons (Fsp3) is 0.290. The molecule has 0 aromatic heterocycles. The molecule has 212 valence electrons. The number of nitrogens with zero attached hydrogens (tertiary/aromatic N) is 2. The summed E-state index contributed by atoms with van der Waals surface area (Å²) in [7, 11) is 1.26. The van der Waals surface area contributed by atoms with E-state index in [1.54, 1.807) is 0 Å². The van der Waals surface area contributed by atoms with Gasteiger partial charge in [-0.3, -0.25) is 14.9 Å². The Labute approximate surface area is 237 Å². The van der Waals surface area contributed by atoms with Crippen molar-refractivity contribution >= 4 is 24.0 Å². The molecular formula is C31H32N4O6. The predicted octanol–water partition coefficient (Wildman–Crippen LogP) is 3.52. The maximum atomic E-state index is 14.1. The lowest BCUT2D eigenvalue weighted by atomic mass is 9.76. The monoisotopic (exact) mass is 556 g/mol. The minimum absolute atomic E-state index is 0.103. The second kappa shape index (κ2) is 11.4. The third-order valence-corrected chi connectivity index (χ3v) is 7.98. The van der Waals surface area contributed by atoms with Gasteiger partial charge in [-0.15, -0.1) is 0 Å². The molecule has 10 nitrogen and oxygen atoms in total. The van der Waals surface area contributed by atoms with Crippen LogP contribution in [-0.2, 0) is 19.9 Å². The third-order valence-electron chi connectivity index (χ3n) is 7.98. The molecule has 4 amide bonds. The van der Waals surface area contributed by atoms with Crippen LogP contribution in [0.15, 0.2) is 91.0 Å². The van der Waals surface area contributed by atoms with Gasteiger partial charge in [-0.05, 0) is 29.5 Å². The minimum Gasteiger partial charge on any atom is -0.469 e. The van der Waals surface area contributed by atoms with E-state index in [-0.39, 0.29) is 32.4 Å². The molecule has 10 heteroatoms. The zero-order valence-corrected chi connectivity index (χ0v) is 22.7. The number of carboxylic acid groups (broad SMARTS) is 1. The van der Waals surface area contributed by atoms with Crippen LogP contribution in [0.25, 0.3) is 0 Å². The van der Waals surface area contributed by atoms with Crippen LogP contribution in [-0.4, -0.2) is 70.8 Å². The van der Waals surface area contributed by atoms with Crippen LogP contribution in [0.5, 0.6) is 0 Å². The number of piperidine rings is 1. The van der Waals surface area contributed by atoms with Crippen molar-refractivity contribution in [1.82, 2.24) is 20.4 Å². The minimum atomic E-state index is -1.26. The fourth-order valence-electron chi connectivity index (χ4n) is 5.86. The topological polar surface area (TPSA) is 128 Å². The van der Waals surface area contributed by atoms with Gasteiger partial charge in [0, 0.05) is 13.1 Å². The highest BCUT2D eigenvalue weighted by Gasteiger charge is 2.56. The average molecular weight is 557 g/mol. The fourth-order valence-corrected chi connectivity index (χ4v) is 5.86. The number of nitrogens with one attached hydrogen (secondary N) is 2. The Balaban J connectivity index is 1.62. The van der Waals surface area contributed by atoms with E-state index in [9.17, 15) is 24.3 Å². The van der Waals surface area contributed by atoms with Crippen LogP contribution < -0.4 is 10.6 Å². The van der Waals surface area contributed by atoms with Crippen LogP contribution in [0, 0.1) is 0 Å². The predicted molar refractivity (Wildman–Crippen MR) is 150 cm³/mol. The quantitative estimate of drug-likeness (QED) is 0.220. The number of hydrogen-bond donors (Lipinski definition) is 3. The van der Waals surface area contributed by atoms with Crippen molar-refractivity contribution in [3.05, 3.63) is 108 Å². The van der Waals surface area contributed by atoms with Crippen LogP contribution >= 0.6 is 0 Å². The van der Waals surface area contributed by atoms with Gasteiger partial charge in [-0.25, -0.2) is 14.5 Å². The number of benzene rings is 3. The van der Waals surface area contributed by atoms with Crippen LogP contribution in [0.3, 0.4) is 0 Å². The summed E-state index contributed by atoms with van der Waals surface area (Å²) >= 11 is 0. The molecule has 41 heavy (non-hydrogen) atoms. The van der Waals surface area contributed by atoms with Gasteiger partial charge >= 0.3 is 18.1 Å². The van der Waals surface area contributed by atoms with Gasteiger partial charge in [0.25, 0.3) is 5.91 Å². The molecule has 1 spiro atoms. The van der Waals surface area contributed by atoms with E-state index in [1.807, 2.05) is 91.0 Å². The molecule has 1 unspecified atom stereocenters. The summed E-state index contributed by atoms with van der Waals surface area (Å²) in [5.41, 5.74) is 0.177. The molecule has 2 fully saturated rings. The third kappa shape index (κ3) is 5.14. The number of esters is 1. The number of ether oxygens (including phenoxy) is 1. The highest BCUT2D eigenvalue weighted by atomic mass is 16.5. The van der Waals surface area contributed by atoms with Crippen molar-refractivity contribution in [1.29, 1.82) is 0 Å². The van der Waals surface area contributed by atoms with E-state index in [4.69, 9.17) is 4.74 Å². The summed E-state index contributed by atoms with van der Waals surface area (Å²) in [6.07, 6.45) is -2.22. The molecule has 1 atom stereocenters. The summed E-state index contributed by atoms with van der Waals surface area (Å²) in [5, 5.41) is 15.8. The normalized spacial score (nSPS) is 17.3. The number of carbonyl (C=O) groups excluding carboxylic acids is 3. The number of amides is 4. The molecule has 2 aliphatic rings. The lowest BCUT2D eigenvalue weighted by Crippen LogP contribution is -2.60. The number of urea groups is 1. The van der Waals surface area contributed by atoms with Crippen LogP contribution in [0.1, 0.15) is 36.0 Å². The molecule has 0 aliphatic carbocycles. The smallest absolute Gasteiger partial charge is 0.407 e. The highest BCUT2D eigenvalue weighted by molar-refractivity contribution is 6.07. The Kier molecular flexibility index (Phi) is 7.76. The Hall–Kier alpha value is -4.70. The number of methoxy groups -OCH3 is 1. The van der Waals surface area contributed by atoms with E-state index < -0.39 is 41.2 Å². The van der Waals surface area contributed by atoms with E-state index in [0.29, 0.717) is 0 Å². The van der Waals surface area contributed by atoms with Gasteiger partial charge in [0.2, 0.25) is 0 Å². The second-order valence-corrected chi connectivity index (χ2v) is 10.2. The first kappa shape index (κ1) is 27.9. The van der Waals surface area contributed by atoms with Gasteiger partial charge < -0.3 is 20.1 Å². The second-order valence-electron chi connectivity index (χ2n) is 10.2. The van der Waals surface area contributed by atoms with Gasteiger partial charge in [0.05, 0.1) is 19.1 Å². The van der Waals surface area contributed by atoms with Gasteiger partial charge in [-0.1, -0.05) is 91.0 Å². The Morgan fingerprint density at radius 3 is 1.78 bits per heavy atom. The Morgan fingerprint density at radius 2 is 1.37 bits per heavy atom. The molecule has 3 N–H and O–H groups in total. The molecule has 0 saturated carbocycles. The Morgan fingerprint density at radius 1 is 0.902 bits per heavy atom. The lowest BCUT2D eigenvalue weighted by Gasteiger charge is -2.42. The zero-order chi connectivity index (χ0) is 29.0. The number of hydrogen-bond acceptors (Lipinski definition) is 6. The standard InChI is InChI=1S/C31H32N4O6/c1-41-26(36)21-25(35-27(37)30(33-28(35)38)17-19-34(20-18-30)29(39)40)32-31(22-11-5-2-6-12-22,23-13-7-3-8-14-23)24-15-9-4-10-16-24/h2-16,25,32H,17-21H2,1H3,(H,33,38)(H,39,40). The van der Waals surface area contributed by atoms with Crippen molar-refractivity contribution in [2.45, 2.75) is 36.5 Å². The first-order chi connectivity index (χ1) is 19.8. The summed E-state index contributed by atoms with van der Waals surface area (Å²) in [6, 6.07) is 28.2. The number of rotatable bonds is 8. The van der Waals surface area contributed by atoms with Crippen LogP contribution in [0.4, 0.5) is 9.59 Å². The number of carbonyl (C=O) groups is 4. The van der Waals surface area contributed by atoms with Crippen molar-refractivity contribution in [3.63, 3.8) is 0 Å².